The molecule has 1 aromatic carbocycles. The first-order valence-corrected chi connectivity index (χ1v) is 9.96. The fourth-order valence-electron chi connectivity index (χ4n) is 4.04. The first-order valence-electron chi connectivity index (χ1n) is 9.58. The number of nitrogens with zero attached hydrogens (tertiary/aromatic N) is 4. The van der Waals surface area contributed by atoms with E-state index in [2.05, 4.69) is 11.8 Å². The number of carbonyl (C=O) groups excluding carboxylic acids is 1. The van der Waals surface area contributed by atoms with E-state index >= 15 is 0 Å². The van der Waals surface area contributed by atoms with Crippen molar-refractivity contribution >= 4 is 23.3 Å². The zero-order valence-corrected chi connectivity index (χ0v) is 16.7. The summed E-state index contributed by atoms with van der Waals surface area (Å²) in [5, 5.41) is 11.6. The lowest BCUT2D eigenvalue weighted by atomic mass is 10.0. The van der Waals surface area contributed by atoms with Crippen LogP contribution in [0.1, 0.15) is 37.3 Å². The van der Waals surface area contributed by atoms with E-state index in [1.807, 2.05) is 9.80 Å². The molecule has 0 unspecified atom stereocenters. The number of piperazine rings is 1. The van der Waals surface area contributed by atoms with Crippen molar-refractivity contribution in [1.82, 2.24) is 14.7 Å². The van der Waals surface area contributed by atoms with Gasteiger partial charge in [0.1, 0.15) is 0 Å². The summed E-state index contributed by atoms with van der Waals surface area (Å²) in [6.45, 7) is 8.34. The third kappa shape index (κ3) is 4.52. The summed E-state index contributed by atoms with van der Waals surface area (Å²) in [6.07, 6.45) is 3.39. The SMILES string of the molecule is Cc1c(CN2CCN(C(=O)N3CCCCC3)[C@@H](C)C2)cc(Cl)cc1[N+](=O)[O-]. The fraction of sp³-hybridized carbons (Fsp3) is 0.632. The highest BCUT2D eigenvalue weighted by molar-refractivity contribution is 6.30. The van der Waals surface area contributed by atoms with Crippen molar-refractivity contribution in [2.45, 2.75) is 45.7 Å². The van der Waals surface area contributed by atoms with Crippen molar-refractivity contribution in [1.29, 1.82) is 0 Å². The van der Waals surface area contributed by atoms with Crippen LogP contribution in [-0.2, 0) is 6.54 Å². The quantitative estimate of drug-likeness (QED) is 0.579. The van der Waals surface area contributed by atoms with Gasteiger partial charge in [0, 0.05) is 62.0 Å². The Morgan fingerprint density at radius 2 is 1.93 bits per heavy atom. The summed E-state index contributed by atoms with van der Waals surface area (Å²) in [6, 6.07) is 3.47. The highest BCUT2D eigenvalue weighted by atomic mass is 35.5. The lowest BCUT2D eigenvalue weighted by Gasteiger charge is -2.42. The average Bonchev–Trinajstić information content (AvgIpc) is 2.64. The third-order valence-corrected chi connectivity index (χ3v) is 5.85. The summed E-state index contributed by atoms with van der Waals surface area (Å²) in [5.41, 5.74) is 1.59. The predicted octanol–water partition coefficient (Wildman–Crippen LogP) is 3.67. The molecule has 2 saturated heterocycles. The van der Waals surface area contributed by atoms with Crippen molar-refractivity contribution in [2.24, 2.45) is 0 Å². The zero-order valence-electron chi connectivity index (χ0n) is 16.0. The third-order valence-electron chi connectivity index (χ3n) is 5.63. The first-order chi connectivity index (χ1) is 12.9. The van der Waals surface area contributed by atoms with Crippen molar-refractivity contribution in [3.63, 3.8) is 0 Å². The number of benzene rings is 1. The van der Waals surface area contributed by atoms with Crippen molar-refractivity contribution in [3.05, 3.63) is 38.4 Å². The molecule has 1 atom stereocenters. The van der Waals surface area contributed by atoms with Gasteiger partial charge in [-0.15, -0.1) is 0 Å². The van der Waals surface area contributed by atoms with Crippen molar-refractivity contribution in [2.75, 3.05) is 32.7 Å². The second-order valence-corrected chi connectivity index (χ2v) is 8.01. The molecule has 2 aliphatic heterocycles. The van der Waals surface area contributed by atoms with Crippen LogP contribution in [-0.4, -0.2) is 64.4 Å². The maximum Gasteiger partial charge on any atom is 0.320 e. The number of halogens is 1. The van der Waals surface area contributed by atoms with Gasteiger partial charge >= 0.3 is 6.03 Å². The number of urea groups is 1. The largest absolute Gasteiger partial charge is 0.325 e. The van der Waals surface area contributed by atoms with Crippen LogP contribution < -0.4 is 0 Å². The molecule has 0 N–H and O–H groups in total. The van der Waals surface area contributed by atoms with Gasteiger partial charge < -0.3 is 9.80 Å². The maximum absolute atomic E-state index is 12.8. The monoisotopic (exact) mass is 394 g/mol. The van der Waals surface area contributed by atoms with Crippen molar-refractivity contribution < 1.29 is 9.72 Å². The van der Waals surface area contributed by atoms with Crippen molar-refractivity contribution in [3.8, 4) is 0 Å². The number of likely N-dealkylation sites (tertiary alicyclic amines) is 1. The molecule has 0 bridgehead atoms. The van der Waals surface area contributed by atoms with Gasteiger partial charge in [0.2, 0.25) is 0 Å². The van der Waals surface area contributed by atoms with Crippen LogP contribution in [0.25, 0.3) is 0 Å². The Hall–Kier alpha value is -1.86. The van der Waals surface area contributed by atoms with E-state index in [1.165, 1.54) is 12.5 Å². The second kappa shape index (κ2) is 8.44. The van der Waals surface area contributed by atoms with Gasteiger partial charge in [0.25, 0.3) is 5.69 Å². The summed E-state index contributed by atoms with van der Waals surface area (Å²) in [5.74, 6) is 0. The average molecular weight is 395 g/mol. The molecule has 0 aliphatic carbocycles. The normalized spacial score (nSPS) is 21.4. The predicted molar refractivity (Wildman–Crippen MR) is 105 cm³/mol. The molecule has 2 aliphatic rings. The summed E-state index contributed by atoms with van der Waals surface area (Å²) in [4.78, 5) is 29.8. The molecule has 27 heavy (non-hydrogen) atoms. The molecule has 2 fully saturated rings. The number of hydrogen-bond acceptors (Lipinski definition) is 4. The number of piperidine rings is 1. The van der Waals surface area contributed by atoms with E-state index in [0.29, 0.717) is 23.7 Å². The van der Waals surface area contributed by atoms with Gasteiger partial charge in [-0.25, -0.2) is 4.79 Å². The summed E-state index contributed by atoms with van der Waals surface area (Å²) in [7, 11) is 0. The highest BCUT2D eigenvalue weighted by Crippen LogP contribution is 2.28. The molecule has 8 heteroatoms. The van der Waals surface area contributed by atoms with Crippen LogP contribution >= 0.6 is 11.6 Å². The Balaban J connectivity index is 1.65. The molecule has 3 rings (SSSR count). The van der Waals surface area contributed by atoms with Gasteiger partial charge in [-0.1, -0.05) is 11.6 Å². The minimum absolute atomic E-state index is 0.0597. The second-order valence-electron chi connectivity index (χ2n) is 7.57. The molecule has 2 heterocycles. The molecule has 0 spiro atoms. The summed E-state index contributed by atoms with van der Waals surface area (Å²) >= 11 is 6.08. The maximum atomic E-state index is 12.8. The van der Waals surface area contributed by atoms with Gasteiger partial charge in [-0.3, -0.25) is 15.0 Å². The summed E-state index contributed by atoms with van der Waals surface area (Å²) < 4.78 is 0. The highest BCUT2D eigenvalue weighted by Gasteiger charge is 2.31. The minimum Gasteiger partial charge on any atom is -0.325 e. The van der Waals surface area contributed by atoms with E-state index < -0.39 is 0 Å². The topological polar surface area (TPSA) is 69.9 Å². The van der Waals surface area contributed by atoms with E-state index in [4.69, 9.17) is 11.6 Å². The zero-order chi connectivity index (χ0) is 19.6. The van der Waals surface area contributed by atoms with E-state index in [9.17, 15) is 14.9 Å². The van der Waals surface area contributed by atoms with Gasteiger partial charge in [-0.05, 0) is 44.7 Å². The number of rotatable bonds is 3. The molecule has 148 valence electrons. The lowest BCUT2D eigenvalue weighted by molar-refractivity contribution is -0.385. The Morgan fingerprint density at radius 1 is 1.22 bits per heavy atom. The van der Waals surface area contributed by atoms with Crippen LogP contribution in [0.2, 0.25) is 5.02 Å². The molecule has 1 aromatic rings. The number of hydrogen-bond donors (Lipinski definition) is 0. The smallest absolute Gasteiger partial charge is 0.320 e. The minimum atomic E-state index is -0.386. The number of nitro groups is 1. The van der Waals surface area contributed by atoms with Crippen LogP contribution in [0.3, 0.4) is 0 Å². The Labute approximate surface area is 165 Å². The number of carbonyl (C=O) groups is 1. The molecular formula is C19H27ClN4O3. The van der Waals surface area contributed by atoms with E-state index in [-0.39, 0.29) is 22.7 Å². The molecule has 0 saturated carbocycles. The Morgan fingerprint density at radius 3 is 2.56 bits per heavy atom. The first kappa shape index (κ1) is 19.9. The Kier molecular flexibility index (Phi) is 6.22. The van der Waals surface area contributed by atoms with E-state index in [1.54, 1.807) is 13.0 Å². The molecule has 2 amide bonds. The van der Waals surface area contributed by atoms with Crippen LogP contribution in [0.4, 0.5) is 10.5 Å². The van der Waals surface area contributed by atoms with Crippen LogP contribution in [0.5, 0.6) is 0 Å². The standard InChI is InChI=1S/C19H27ClN4O3/c1-14-12-21(8-9-23(14)19(25)22-6-4-3-5-7-22)13-16-10-17(20)11-18(15(16)2)24(26)27/h10-11,14H,3-9,12-13H2,1-2H3/t14-/m0/s1. The van der Waals surface area contributed by atoms with E-state index in [0.717, 1.165) is 44.6 Å². The lowest BCUT2D eigenvalue weighted by Crippen LogP contribution is -2.57. The fourth-order valence-corrected chi connectivity index (χ4v) is 4.28. The van der Waals surface area contributed by atoms with Crippen LogP contribution in [0.15, 0.2) is 12.1 Å². The van der Waals surface area contributed by atoms with Gasteiger partial charge in [0.05, 0.1) is 4.92 Å². The molecule has 0 radical (unpaired) electrons. The number of amides is 2. The number of nitro benzene ring substituents is 1. The van der Waals surface area contributed by atoms with Crippen LogP contribution in [0, 0.1) is 17.0 Å². The molecule has 0 aromatic heterocycles. The Bertz CT molecular complexity index is 721. The van der Waals surface area contributed by atoms with Gasteiger partial charge in [-0.2, -0.15) is 0 Å². The van der Waals surface area contributed by atoms with Gasteiger partial charge in [0.15, 0.2) is 0 Å². The molecular weight excluding hydrogens is 368 g/mol. The molecule has 7 nitrogen and oxygen atoms in total.